The smallest absolute Gasteiger partial charge is 0.332 e. The molecule has 0 aliphatic carbocycles. The number of nitrogens with zero attached hydrogens (tertiary/aromatic N) is 3. The highest BCUT2D eigenvalue weighted by molar-refractivity contribution is 5.55. The van der Waals surface area contributed by atoms with E-state index in [2.05, 4.69) is 5.18 Å². The van der Waals surface area contributed by atoms with Gasteiger partial charge in [-0.2, -0.15) is 0 Å². The van der Waals surface area contributed by atoms with E-state index in [-0.39, 0.29) is 19.0 Å². The summed E-state index contributed by atoms with van der Waals surface area (Å²) in [4.78, 5) is 34.5. The van der Waals surface area contributed by atoms with Gasteiger partial charge in [0.15, 0.2) is 0 Å². The lowest BCUT2D eigenvalue weighted by atomic mass is 10.2. The van der Waals surface area contributed by atoms with E-state index < -0.39 is 16.9 Å². The second-order valence-electron chi connectivity index (χ2n) is 4.15. The van der Waals surface area contributed by atoms with Crippen molar-refractivity contribution in [3.05, 3.63) is 25.7 Å². The zero-order valence-corrected chi connectivity index (χ0v) is 10.8. The molecule has 0 unspecified atom stereocenters. The SMILES string of the molecule is CCCCCn1c(N)c(N=O)c(=O)n(CCO)c1=O. The molecule has 1 aromatic rings. The maximum absolute atomic E-state index is 12.1. The number of rotatable bonds is 7. The summed E-state index contributed by atoms with van der Waals surface area (Å²) in [6, 6.07) is 0. The molecular formula is C11H18N4O4. The van der Waals surface area contributed by atoms with Crippen LogP contribution in [0, 0.1) is 4.91 Å². The van der Waals surface area contributed by atoms with Gasteiger partial charge in [0, 0.05) is 6.54 Å². The van der Waals surface area contributed by atoms with Gasteiger partial charge in [-0.05, 0) is 11.6 Å². The first kappa shape index (κ1) is 15.1. The van der Waals surface area contributed by atoms with E-state index in [1.807, 2.05) is 6.92 Å². The Morgan fingerprint density at radius 1 is 1.21 bits per heavy atom. The Hall–Kier alpha value is -1.96. The standard InChI is InChI=1S/C11H18N4O4/c1-2-3-4-5-14-9(12)8(13-19)10(17)15(6-7-16)11(14)18/h16H,2-7,12H2,1H3. The third kappa shape index (κ3) is 3.08. The third-order valence-electron chi connectivity index (χ3n) is 2.84. The van der Waals surface area contributed by atoms with Crippen LogP contribution in [0.25, 0.3) is 0 Å². The Kier molecular flexibility index (Phi) is 5.43. The van der Waals surface area contributed by atoms with Crippen molar-refractivity contribution in [2.45, 2.75) is 39.3 Å². The van der Waals surface area contributed by atoms with Crippen LogP contribution >= 0.6 is 0 Å². The van der Waals surface area contributed by atoms with Gasteiger partial charge in [0.05, 0.1) is 13.2 Å². The highest BCUT2D eigenvalue weighted by atomic mass is 16.3. The Balaban J connectivity index is 3.36. The highest BCUT2D eigenvalue weighted by Gasteiger charge is 2.17. The lowest BCUT2D eigenvalue weighted by Gasteiger charge is -2.13. The first-order valence-corrected chi connectivity index (χ1v) is 6.15. The summed E-state index contributed by atoms with van der Waals surface area (Å²) in [5.41, 5.74) is 3.67. The maximum atomic E-state index is 12.1. The van der Waals surface area contributed by atoms with E-state index in [0.29, 0.717) is 13.0 Å². The van der Waals surface area contributed by atoms with Crippen molar-refractivity contribution < 1.29 is 5.11 Å². The van der Waals surface area contributed by atoms with Gasteiger partial charge in [0.1, 0.15) is 5.82 Å². The quantitative estimate of drug-likeness (QED) is 0.540. The number of hydrogen-bond acceptors (Lipinski definition) is 6. The van der Waals surface area contributed by atoms with Crippen molar-refractivity contribution in [2.24, 2.45) is 5.18 Å². The molecule has 0 fully saturated rings. The lowest BCUT2D eigenvalue weighted by molar-refractivity contribution is 0.270. The Bertz CT molecular complexity index is 561. The Morgan fingerprint density at radius 2 is 1.89 bits per heavy atom. The van der Waals surface area contributed by atoms with Crippen molar-refractivity contribution in [1.82, 2.24) is 9.13 Å². The summed E-state index contributed by atoms with van der Waals surface area (Å²) in [5.74, 6) is -0.213. The van der Waals surface area contributed by atoms with Crippen LogP contribution in [-0.4, -0.2) is 20.8 Å². The molecule has 0 radical (unpaired) electrons. The molecule has 0 bridgehead atoms. The highest BCUT2D eigenvalue weighted by Crippen LogP contribution is 2.14. The van der Waals surface area contributed by atoms with Crippen LogP contribution in [0.15, 0.2) is 14.8 Å². The molecule has 0 atom stereocenters. The number of nitrogen functional groups attached to an aromatic ring is 1. The molecule has 0 aromatic carbocycles. The fraction of sp³-hybridized carbons (Fsp3) is 0.636. The predicted octanol–water partition coefficient (Wildman–Crippen LogP) is 0.173. The third-order valence-corrected chi connectivity index (χ3v) is 2.84. The number of anilines is 1. The first-order chi connectivity index (χ1) is 9.08. The summed E-state index contributed by atoms with van der Waals surface area (Å²) >= 11 is 0. The molecule has 8 nitrogen and oxygen atoms in total. The van der Waals surface area contributed by atoms with E-state index in [9.17, 15) is 14.5 Å². The molecule has 0 aliphatic rings. The van der Waals surface area contributed by atoms with Crippen molar-refractivity contribution in [2.75, 3.05) is 12.3 Å². The molecule has 8 heteroatoms. The monoisotopic (exact) mass is 270 g/mol. The summed E-state index contributed by atoms with van der Waals surface area (Å²) < 4.78 is 1.93. The number of aliphatic hydroxyl groups is 1. The number of aliphatic hydroxyl groups excluding tert-OH is 1. The van der Waals surface area contributed by atoms with Gasteiger partial charge in [-0.3, -0.25) is 13.9 Å². The molecule has 1 rings (SSSR count). The minimum Gasteiger partial charge on any atom is -0.395 e. The van der Waals surface area contributed by atoms with E-state index in [1.165, 1.54) is 0 Å². The minimum absolute atomic E-state index is 0.186. The molecular weight excluding hydrogens is 252 g/mol. The van der Waals surface area contributed by atoms with Crippen LogP contribution in [0.1, 0.15) is 26.2 Å². The van der Waals surface area contributed by atoms with E-state index in [1.54, 1.807) is 0 Å². The molecule has 3 N–H and O–H groups in total. The second kappa shape index (κ2) is 6.83. The van der Waals surface area contributed by atoms with Gasteiger partial charge < -0.3 is 10.8 Å². The van der Waals surface area contributed by atoms with Crippen molar-refractivity contribution in [3.8, 4) is 0 Å². The normalized spacial score (nSPS) is 10.6. The van der Waals surface area contributed by atoms with Crippen LogP contribution in [0.3, 0.4) is 0 Å². The molecule has 0 aliphatic heterocycles. The molecule has 106 valence electrons. The molecule has 19 heavy (non-hydrogen) atoms. The molecule has 0 saturated heterocycles. The number of unbranched alkanes of at least 4 members (excludes halogenated alkanes) is 2. The van der Waals surface area contributed by atoms with Crippen LogP contribution in [0.2, 0.25) is 0 Å². The van der Waals surface area contributed by atoms with E-state index in [0.717, 1.165) is 22.0 Å². The zero-order valence-electron chi connectivity index (χ0n) is 10.8. The van der Waals surface area contributed by atoms with Crippen molar-refractivity contribution in [3.63, 3.8) is 0 Å². The molecule has 1 heterocycles. The molecule has 0 saturated carbocycles. The zero-order chi connectivity index (χ0) is 14.4. The first-order valence-electron chi connectivity index (χ1n) is 6.15. The van der Waals surface area contributed by atoms with Gasteiger partial charge in [0.25, 0.3) is 5.56 Å². The summed E-state index contributed by atoms with van der Waals surface area (Å²) in [7, 11) is 0. The topological polar surface area (TPSA) is 120 Å². The second-order valence-corrected chi connectivity index (χ2v) is 4.15. The molecule has 0 spiro atoms. The van der Waals surface area contributed by atoms with Gasteiger partial charge in [-0.1, -0.05) is 19.8 Å². The summed E-state index contributed by atoms with van der Waals surface area (Å²) in [6.07, 6.45) is 2.56. The van der Waals surface area contributed by atoms with Crippen molar-refractivity contribution >= 4 is 11.5 Å². The van der Waals surface area contributed by atoms with Gasteiger partial charge in [-0.25, -0.2) is 4.79 Å². The van der Waals surface area contributed by atoms with Crippen LogP contribution < -0.4 is 17.0 Å². The van der Waals surface area contributed by atoms with Gasteiger partial charge >= 0.3 is 5.69 Å². The van der Waals surface area contributed by atoms with Gasteiger partial charge in [-0.15, -0.1) is 4.91 Å². The van der Waals surface area contributed by atoms with Crippen molar-refractivity contribution in [1.29, 1.82) is 0 Å². The average molecular weight is 270 g/mol. The fourth-order valence-corrected chi connectivity index (χ4v) is 1.82. The number of nitroso groups, excluding NO2 is 1. The Labute approximate surface area is 109 Å². The van der Waals surface area contributed by atoms with Crippen LogP contribution in [0.5, 0.6) is 0 Å². The number of nitrogens with two attached hydrogens (primary N) is 1. The van der Waals surface area contributed by atoms with E-state index >= 15 is 0 Å². The number of hydrogen-bond donors (Lipinski definition) is 2. The maximum Gasteiger partial charge on any atom is 0.332 e. The van der Waals surface area contributed by atoms with Gasteiger partial charge in [0.2, 0.25) is 5.69 Å². The minimum atomic E-state index is -0.863. The Morgan fingerprint density at radius 3 is 2.42 bits per heavy atom. The van der Waals surface area contributed by atoms with E-state index in [4.69, 9.17) is 10.8 Å². The average Bonchev–Trinajstić information content (AvgIpc) is 2.39. The summed E-state index contributed by atoms with van der Waals surface area (Å²) in [5, 5.41) is 11.5. The molecule has 1 aromatic heterocycles. The van der Waals surface area contributed by atoms with Crippen LogP contribution in [-0.2, 0) is 13.1 Å². The largest absolute Gasteiger partial charge is 0.395 e. The molecule has 0 amide bonds. The lowest BCUT2D eigenvalue weighted by Crippen LogP contribution is -2.41. The predicted molar refractivity (Wildman–Crippen MR) is 71.4 cm³/mol. The van der Waals surface area contributed by atoms with Crippen LogP contribution in [0.4, 0.5) is 11.5 Å². The summed E-state index contributed by atoms with van der Waals surface area (Å²) in [6.45, 7) is 1.75. The number of aromatic nitrogens is 2. The fourth-order valence-electron chi connectivity index (χ4n) is 1.82.